The first kappa shape index (κ1) is 12.5. The first-order valence-corrected chi connectivity index (χ1v) is 7.48. The molecule has 18 heavy (non-hydrogen) atoms. The Morgan fingerprint density at radius 2 is 2.61 bits per heavy atom. The fourth-order valence-electron chi connectivity index (χ4n) is 2.99. The van der Waals surface area contributed by atoms with Crippen LogP contribution in [0.4, 0.5) is 0 Å². The van der Waals surface area contributed by atoms with Gasteiger partial charge < -0.3 is 15.2 Å². The topological polar surface area (TPSA) is 71.5 Å². The number of carboxylic acids is 1. The molecule has 2 aliphatic rings. The van der Waals surface area contributed by atoms with E-state index in [2.05, 4.69) is 26.2 Å². The third-order valence-corrected chi connectivity index (χ3v) is 5.38. The number of nitrogens with zero attached hydrogens (tertiary/aromatic N) is 1. The molecule has 0 spiro atoms. The molecule has 3 unspecified atom stereocenters. The molecular formula is C11H13BrN2O3S. The molecule has 1 saturated carbocycles. The lowest BCUT2D eigenvalue weighted by Gasteiger charge is -2.35. The van der Waals surface area contributed by atoms with E-state index in [-0.39, 0.29) is 12.6 Å². The van der Waals surface area contributed by atoms with E-state index in [0.717, 1.165) is 29.0 Å². The molecule has 7 heteroatoms. The second kappa shape index (κ2) is 4.56. The van der Waals surface area contributed by atoms with Gasteiger partial charge in [-0.05, 0) is 41.2 Å². The summed E-state index contributed by atoms with van der Waals surface area (Å²) < 4.78 is 6.53. The fraction of sp³-hybridized carbons (Fsp3) is 0.636. The number of rotatable bonds is 4. The minimum absolute atomic E-state index is 0.180. The molecule has 3 atom stereocenters. The van der Waals surface area contributed by atoms with Crippen LogP contribution < -0.4 is 5.32 Å². The van der Waals surface area contributed by atoms with Gasteiger partial charge in [0.15, 0.2) is 0 Å². The molecule has 98 valence electrons. The molecule has 2 fully saturated rings. The average Bonchev–Trinajstić information content (AvgIpc) is 3.01. The standard InChI is InChI=1S/C11H13BrN2O3S/c12-8-5-18-10(14-8)11(17-4-9(15)16)2-6-1-7(11)13-3-6/h5-7,13H,1-4H2,(H,15,16). The van der Waals surface area contributed by atoms with Crippen LogP contribution in [-0.2, 0) is 15.1 Å². The Morgan fingerprint density at radius 3 is 3.11 bits per heavy atom. The van der Waals surface area contributed by atoms with E-state index in [0.29, 0.717) is 5.92 Å². The number of ether oxygens (including phenoxy) is 1. The highest BCUT2D eigenvalue weighted by molar-refractivity contribution is 9.10. The van der Waals surface area contributed by atoms with Crippen LogP contribution in [0.15, 0.2) is 9.98 Å². The molecular weight excluding hydrogens is 320 g/mol. The number of nitrogens with one attached hydrogen (secondary N) is 1. The smallest absolute Gasteiger partial charge is 0.329 e. The quantitative estimate of drug-likeness (QED) is 0.875. The number of carbonyl (C=O) groups is 1. The molecule has 1 aliphatic carbocycles. The molecule has 2 bridgehead atoms. The van der Waals surface area contributed by atoms with E-state index in [1.54, 1.807) is 0 Å². The number of piperidine rings is 1. The first-order valence-electron chi connectivity index (χ1n) is 5.81. The summed E-state index contributed by atoms with van der Waals surface area (Å²) >= 11 is 4.86. The van der Waals surface area contributed by atoms with Crippen LogP contribution in [0.25, 0.3) is 0 Å². The van der Waals surface area contributed by atoms with E-state index in [9.17, 15) is 4.79 Å². The van der Waals surface area contributed by atoms with Gasteiger partial charge in [-0.3, -0.25) is 0 Å². The van der Waals surface area contributed by atoms with Gasteiger partial charge in [-0.15, -0.1) is 11.3 Å². The van der Waals surface area contributed by atoms with Crippen LogP contribution in [0.2, 0.25) is 0 Å². The van der Waals surface area contributed by atoms with Gasteiger partial charge in [-0.2, -0.15) is 0 Å². The van der Waals surface area contributed by atoms with Crippen molar-refractivity contribution in [2.24, 2.45) is 5.92 Å². The van der Waals surface area contributed by atoms with Gasteiger partial charge >= 0.3 is 5.97 Å². The number of thiazole rings is 1. The minimum atomic E-state index is -0.937. The van der Waals surface area contributed by atoms with E-state index in [1.807, 2.05) is 5.38 Å². The maximum Gasteiger partial charge on any atom is 0.329 e. The van der Waals surface area contributed by atoms with Crippen molar-refractivity contribution >= 4 is 33.2 Å². The number of carboxylic acid groups (broad SMARTS) is 1. The lowest BCUT2D eigenvalue weighted by Crippen LogP contribution is -2.48. The highest BCUT2D eigenvalue weighted by Crippen LogP contribution is 2.49. The van der Waals surface area contributed by atoms with Crippen molar-refractivity contribution < 1.29 is 14.6 Å². The number of halogens is 1. The monoisotopic (exact) mass is 332 g/mol. The molecule has 0 radical (unpaired) electrons. The van der Waals surface area contributed by atoms with Gasteiger partial charge in [0.05, 0.1) is 0 Å². The first-order chi connectivity index (χ1) is 8.60. The molecule has 2 N–H and O–H groups in total. The zero-order chi connectivity index (χ0) is 12.8. The lowest BCUT2D eigenvalue weighted by molar-refractivity contribution is -0.153. The van der Waals surface area contributed by atoms with Crippen molar-refractivity contribution in [1.82, 2.24) is 10.3 Å². The van der Waals surface area contributed by atoms with Crippen molar-refractivity contribution in [2.45, 2.75) is 24.5 Å². The Morgan fingerprint density at radius 1 is 1.78 bits per heavy atom. The fourth-order valence-corrected chi connectivity index (χ4v) is 4.46. The summed E-state index contributed by atoms with van der Waals surface area (Å²) in [6, 6.07) is 0.180. The van der Waals surface area contributed by atoms with E-state index in [1.165, 1.54) is 11.3 Å². The van der Waals surface area contributed by atoms with Crippen molar-refractivity contribution in [2.75, 3.05) is 13.2 Å². The molecule has 5 nitrogen and oxygen atoms in total. The Balaban J connectivity index is 1.91. The second-order valence-electron chi connectivity index (χ2n) is 4.81. The summed E-state index contributed by atoms with van der Waals surface area (Å²) in [6.07, 6.45) is 1.90. The maximum atomic E-state index is 10.8. The Hall–Kier alpha value is -0.500. The predicted molar refractivity (Wildman–Crippen MR) is 69.6 cm³/mol. The molecule has 0 amide bonds. The number of hydrogen-bond donors (Lipinski definition) is 2. The summed E-state index contributed by atoms with van der Waals surface area (Å²) in [5.41, 5.74) is -0.558. The summed E-state index contributed by atoms with van der Waals surface area (Å²) in [4.78, 5) is 15.2. The number of hydrogen-bond acceptors (Lipinski definition) is 5. The van der Waals surface area contributed by atoms with Crippen LogP contribution in [0.3, 0.4) is 0 Å². The van der Waals surface area contributed by atoms with Gasteiger partial charge in [-0.25, -0.2) is 9.78 Å². The highest BCUT2D eigenvalue weighted by atomic mass is 79.9. The number of aliphatic carboxylic acids is 1. The van der Waals surface area contributed by atoms with Crippen molar-refractivity contribution in [3.8, 4) is 0 Å². The Kier molecular flexibility index (Phi) is 3.17. The van der Waals surface area contributed by atoms with Gasteiger partial charge in [0.2, 0.25) is 0 Å². The van der Waals surface area contributed by atoms with Crippen molar-refractivity contribution in [3.63, 3.8) is 0 Å². The Labute approximate surface area is 117 Å². The summed E-state index contributed by atoms with van der Waals surface area (Å²) in [5, 5.41) is 15.0. The molecule has 1 aromatic heterocycles. The molecule has 0 aromatic carbocycles. The number of aromatic nitrogens is 1. The van der Waals surface area contributed by atoms with Crippen LogP contribution >= 0.6 is 27.3 Å². The molecule has 1 aliphatic heterocycles. The highest BCUT2D eigenvalue weighted by Gasteiger charge is 2.55. The number of fused-ring (bicyclic) bond motifs is 2. The zero-order valence-electron chi connectivity index (χ0n) is 9.56. The summed E-state index contributed by atoms with van der Waals surface area (Å²) in [5.74, 6) is -0.376. The second-order valence-corrected chi connectivity index (χ2v) is 6.48. The molecule has 1 aromatic rings. The van der Waals surface area contributed by atoms with Crippen molar-refractivity contribution in [3.05, 3.63) is 15.0 Å². The van der Waals surface area contributed by atoms with Crippen LogP contribution in [-0.4, -0.2) is 35.3 Å². The summed E-state index contributed by atoms with van der Waals surface area (Å²) in [7, 11) is 0. The average molecular weight is 333 g/mol. The van der Waals surface area contributed by atoms with E-state index >= 15 is 0 Å². The van der Waals surface area contributed by atoms with Gasteiger partial charge in [0.25, 0.3) is 0 Å². The normalized spacial score (nSPS) is 34.1. The molecule has 2 heterocycles. The van der Waals surface area contributed by atoms with Crippen molar-refractivity contribution in [1.29, 1.82) is 0 Å². The molecule has 1 saturated heterocycles. The zero-order valence-corrected chi connectivity index (χ0v) is 12.0. The Bertz CT molecular complexity index is 481. The van der Waals surface area contributed by atoms with E-state index < -0.39 is 11.6 Å². The minimum Gasteiger partial charge on any atom is -0.480 e. The summed E-state index contributed by atoms with van der Waals surface area (Å²) in [6.45, 7) is 0.720. The third kappa shape index (κ3) is 1.99. The van der Waals surface area contributed by atoms with Crippen LogP contribution in [0.5, 0.6) is 0 Å². The van der Waals surface area contributed by atoms with Gasteiger partial charge in [-0.1, -0.05) is 0 Å². The largest absolute Gasteiger partial charge is 0.480 e. The van der Waals surface area contributed by atoms with Crippen LogP contribution in [0, 0.1) is 5.92 Å². The predicted octanol–water partition coefficient (Wildman–Crippen LogP) is 1.58. The third-order valence-electron chi connectivity index (χ3n) is 3.67. The SMILES string of the molecule is O=C(O)COC1(c2nc(Br)cs2)CC2CNC1C2. The van der Waals surface area contributed by atoms with Gasteiger partial charge in [0.1, 0.15) is 21.8 Å². The van der Waals surface area contributed by atoms with E-state index in [4.69, 9.17) is 9.84 Å². The van der Waals surface area contributed by atoms with Crippen LogP contribution in [0.1, 0.15) is 17.8 Å². The van der Waals surface area contributed by atoms with Gasteiger partial charge in [0, 0.05) is 11.4 Å². The lowest BCUT2D eigenvalue weighted by atomic mass is 9.94. The maximum absolute atomic E-state index is 10.8. The molecule has 3 rings (SSSR count).